The van der Waals surface area contributed by atoms with Crippen LogP contribution in [0.15, 0.2) is 82.9 Å². The molecule has 3 rings (SSSR count). The minimum Gasteiger partial charge on any atom is -0.456 e. The fourth-order valence-corrected chi connectivity index (χ4v) is 1.90. The molecule has 2 aromatic carbocycles. The van der Waals surface area contributed by atoms with Crippen molar-refractivity contribution >= 4 is 36.2 Å². The molecule has 147 valence electrons. The van der Waals surface area contributed by atoms with E-state index in [-0.39, 0.29) is 29.5 Å². The number of para-hydroxylation sites is 2. The predicted molar refractivity (Wildman–Crippen MR) is 118 cm³/mol. The summed E-state index contributed by atoms with van der Waals surface area (Å²) in [4.78, 5) is 11.8. The van der Waals surface area contributed by atoms with Gasteiger partial charge >= 0.3 is 17.1 Å². The number of nitrogens with zero attached hydrogens (tertiary/aromatic N) is 3. The molecule has 0 saturated heterocycles. The molecule has 0 fully saturated rings. The third kappa shape index (κ3) is 12.2. The average molecular weight is 435 g/mol. The Kier molecular flexibility index (Phi) is 18.1. The summed E-state index contributed by atoms with van der Waals surface area (Å²) in [5, 5.41) is 0. The molecule has 0 bridgehead atoms. The zero-order valence-electron chi connectivity index (χ0n) is 16.5. The van der Waals surface area contributed by atoms with Gasteiger partial charge in [0, 0.05) is 0 Å². The normalized spacial score (nSPS) is 9.29. The zero-order chi connectivity index (χ0) is 19.0. The minimum atomic E-state index is 0. The predicted octanol–water partition coefficient (Wildman–Crippen LogP) is 6.49. The van der Waals surface area contributed by atoms with Gasteiger partial charge in [-0.15, -0.1) is 49.5 Å². The third-order valence-corrected chi connectivity index (χ3v) is 3.21. The van der Waals surface area contributed by atoms with Gasteiger partial charge in [0.1, 0.15) is 0 Å². The van der Waals surface area contributed by atoms with E-state index in [1.54, 1.807) is 26.1 Å². The molecule has 3 nitrogen and oxygen atoms in total. The van der Waals surface area contributed by atoms with Crippen LogP contribution in [0.4, 0.5) is 11.4 Å². The molecule has 0 spiro atoms. The van der Waals surface area contributed by atoms with Gasteiger partial charge in [-0.2, -0.15) is 30.6 Å². The maximum atomic E-state index is 4.06. The number of aromatic nitrogens is 1. The topological polar surface area (TPSA) is 37.6 Å². The van der Waals surface area contributed by atoms with Gasteiger partial charge in [0.25, 0.3) is 0 Å². The molecule has 1 aromatic heterocycles. The molecular weight excluding hydrogens is 410 g/mol. The fraction of sp³-hybridized carbons (Fsp3) is 0.174. The average Bonchev–Trinajstić information content (AvgIpc) is 2.68. The summed E-state index contributed by atoms with van der Waals surface area (Å²) in [6.07, 6.45) is 9.84. The summed E-state index contributed by atoms with van der Waals surface area (Å²) in [5.74, 6) is 0. The van der Waals surface area contributed by atoms with E-state index in [4.69, 9.17) is 0 Å². The van der Waals surface area contributed by atoms with Crippen LogP contribution in [0.3, 0.4) is 0 Å². The molecule has 1 radical (unpaired) electrons. The van der Waals surface area contributed by atoms with Crippen LogP contribution < -0.4 is 0 Å². The van der Waals surface area contributed by atoms with E-state index in [0.29, 0.717) is 0 Å². The van der Waals surface area contributed by atoms with Gasteiger partial charge in [-0.1, -0.05) is 74.0 Å². The van der Waals surface area contributed by atoms with Crippen molar-refractivity contribution in [3.63, 3.8) is 0 Å². The largest absolute Gasteiger partial charge is 3.00 e. The van der Waals surface area contributed by atoms with Gasteiger partial charge in [-0.3, -0.25) is 0 Å². The summed E-state index contributed by atoms with van der Waals surface area (Å²) in [6.45, 7) is 7.67. The van der Waals surface area contributed by atoms with Crippen LogP contribution in [-0.2, 0) is 17.1 Å². The summed E-state index contributed by atoms with van der Waals surface area (Å²) in [6, 6.07) is 21.5. The Bertz CT molecular complexity index is 725. The quantitative estimate of drug-likeness (QED) is 0.258. The van der Waals surface area contributed by atoms with Crippen molar-refractivity contribution in [2.24, 2.45) is 9.98 Å². The van der Waals surface area contributed by atoms with Gasteiger partial charge in [-0.25, -0.2) is 0 Å². The monoisotopic (exact) mass is 434 g/mol. The van der Waals surface area contributed by atoms with Gasteiger partial charge in [0.2, 0.25) is 0 Å². The molecule has 3 aromatic rings. The van der Waals surface area contributed by atoms with Crippen LogP contribution in [-0.4, -0.2) is 17.4 Å². The Labute approximate surface area is 186 Å². The molecule has 0 amide bonds. The second-order valence-electron chi connectivity index (χ2n) is 5.20. The van der Waals surface area contributed by atoms with E-state index < -0.39 is 0 Å². The van der Waals surface area contributed by atoms with E-state index in [2.05, 4.69) is 33.6 Å². The smallest absolute Gasteiger partial charge is 0.456 e. The first-order chi connectivity index (χ1) is 12.7. The number of rotatable bonds is 2. The Morgan fingerprint density at radius 1 is 0.750 bits per heavy atom. The second kappa shape index (κ2) is 18.1. The molecule has 0 unspecified atom stereocenters. The van der Waals surface area contributed by atoms with E-state index in [0.717, 1.165) is 11.4 Å². The van der Waals surface area contributed by atoms with Crippen molar-refractivity contribution in [1.29, 1.82) is 0 Å². The van der Waals surface area contributed by atoms with Crippen LogP contribution in [0.1, 0.15) is 25.0 Å². The van der Waals surface area contributed by atoms with E-state index in [9.17, 15) is 0 Å². The third-order valence-electron chi connectivity index (χ3n) is 3.21. The molecule has 0 aliphatic rings. The number of pyridine rings is 1. The number of hydrogen-bond donors (Lipinski definition) is 0. The van der Waals surface area contributed by atoms with Crippen molar-refractivity contribution in [2.45, 2.75) is 27.7 Å². The molecule has 0 aliphatic carbocycles. The van der Waals surface area contributed by atoms with Crippen molar-refractivity contribution in [1.82, 2.24) is 4.98 Å². The maximum Gasteiger partial charge on any atom is 3.00 e. The van der Waals surface area contributed by atoms with Crippen LogP contribution in [0.2, 0.25) is 0 Å². The van der Waals surface area contributed by atoms with Crippen LogP contribution in [0.25, 0.3) is 0 Å². The van der Waals surface area contributed by atoms with Crippen LogP contribution in [0, 0.1) is 20.0 Å². The summed E-state index contributed by atoms with van der Waals surface area (Å²) in [7, 11) is 0. The number of aryl methyl sites for hydroxylation is 2. The molecule has 1 heterocycles. The Balaban J connectivity index is 0. The van der Waals surface area contributed by atoms with E-state index >= 15 is 0 Å². The molecule has 0 N–H and O–H groups in total. The first-order valence-electron chi connectivity index (χ1n) is 8.32. The molecule has 0 saturated carbocycles. The number of benzene rings is 2. The Hall–Kier alpha value is -2.26. The first-order valence-corrected chi connectivity index (χ1v) is 8.32. The van der Waals surface area contributed by atoms with Crippen LogP contribution in [0.5, 0.6) is 0 Å². The molecule has 0 atom stereocenters. The number of halogens is 1. The number of hydrogen-bond acceptors (Lipinski definition) is 3. The SMILES string of the molecule is C[C-]=Nc1ccccc1C.C[C-]=Nc1ccccc1C.Cl.[Fe+3].[c-]1ccccn1. The standard InChI is InChI=1S/2C9H10N.C5H4N.ClH.Fe/c2*1-3-10-9-7-5-4-6-8(9)2;1-2-4-6-5-3-1;;/h2*4-7H,1-2H3;1-4H;1H;/q3*-1;;+3. The minimum absolute atomic E-state index is 0. The number of aliphatic imine (C=N–C) groups is 2. The van der Waals surface area contributed by atoms with Crippen molar-refractivity contribution < 1.29 is 17.1 Å². The zero-order valence-corrected chi connectivity index (χ0v) is 18.5. The van der Waals surface area contributed by atoms with Gasteiger partial charge < -0.3 is 15.0 Å². The van der Waals surface area contributed by atoms with Crippen molar-refractivity contribution in [2.75, 3.05) is 0 Å². The summed E-state index contributed by atoms with van der Waals surface area (Å²) in [5.41, 5.74) is 4.39. The summed E-state index contributed by atoms with van der Waals surface area (Å²) < 4.78 is 0. The molecule has 5 heteroatoms. The van der Waals surface area contributed by atoms with Crippen LogP contribution >= 0.6 is 12.4 Å². The van der Waals surface area contributed by atoms with Crippen molar-refractivity contribution in [3.05, 3.63) is 90.3 Å². The summed E-state index contributed by atoms with van der Waals surface area (Å²) >= 11 is 0. The molecule has 28 heavy (non-hydrogen) atoms. The maximum absolute atomic E-state index is 4.06. The molecular formula is C23H25ClFeN3. The van der Waals surface area contributed by atoms with E-state index in [1.807, 2.05) is 74.5 Å². The fourth-order valence-electron chi connectivity index (χ4n) is 1.90. The van der Waals surface area contributed by atoms with Gasteiger partial charge in [0.05, 0.1) is 0 Å². The second-order valence-corrected chi connectivity index (χ2v) is 5.20. The van der Waals surface area contributed by atoms with Gasteiger partial charge in [-0.05, 0) is 0 Å². The Morgan fingerprint density at radius 2 is 1.21 bits per heavy atom. The van der Waals surface area contributed by atoms with Crippen molar-refractivity contribution in [3.8, 4) is 0 Å². The molecule has 0 aliphatic heterocycles. The first kappa shape index (κ1) is 28.0. The van der Waals surface area contributed by atoms with Gasteiger partial charge in [0.15, 0.2) is 0 Å². The Morgan fingerprint density at radius 3 is 1.46 bits per heavy atom. The van der Waals surface area contributed by atoms with E-state index in [1.165, 1.54) is 11.1 Å².